The van der Waals surface area contributed by atoms with E-state index in [1.54, 1.807) is 11.3 Å². The molecule has 5 rings (SSSR count). The van der Waals surface area contributed by atoms with Gasteiger partial charge < -0.3 is 4.74 Å². The minimum atomic E-state index is -0.166. The Hall–Kier alpha value is -2.83. The summed E-state index contributed by atoms with van der Waals surface area (Å²) in [5.41, 5.74) is 2.22. The molecule has 0 radical (unpaired) electrons. The number of nitrogens with zero attached hydrogens (tertiary/aromatic N) is 1. The van der Waals surface area contributed by atoms with Gasteiger partial charge in [-0.25, -0.2) is 0 Å². The largest absolute Gasteiger partial charge is 0.493 e. The number of imide groups is 1. The lowest BCUT2D eigenvalue weighted by Crippen LogP contribution is -2.27. The first kappa shape index (κ1) is 19.2. The first-order chi connectivity index (χ1) is 14.7. The second-order valence-corrected chi connectivity index (χ2v) is 9.04. The Balaban J connectivity index is 1.31. The number of benzene rings is 3. The molecule has 0 spiro atoms. The number of rotatable bonds is 6. The second kappa shape index (κ2) is 8.13. The highest BCUT2D eigenvalue weighted by molar-refractivity contribution is 8.14. The van der Waals surface area contributed by atoms with Crippen LogP contribution in [0.25, 0.3) is 20.9 Å². The topological polar surface area (TPSA) is 46.6 Å². The smallest absolute Gasteiger partial charge is 0.289 e. The highest BCUT2D eigenvalue weighted by Gasteiger charge is 2.30. The molecule has 1 aliphatic rings. The van der Waals surface area contributed by atoms with Crippen LogP contribution in [-0.2, 0) is 17.8 Å². The molecule has 0 saturated carbocycles. The number of fused-ring (bicyclic) bond motifs is 2. The number of carbonyl (C=O) groups is 2. The van der Waals surface area contributed by atoms with Gasteiger partial charge in [-0.1, -0.05) is 60.3 Å². The molecule has 3 aromatic carbocycles. The number of ether oxygens (including phenoxy) is 1. The predicted molar refractivity (Wildman–Crippen MR) is 123 cm³/mol. The fourth-order valence-electron chi connectivity index (χ4n) is 3.72. The summed E-state index contributed by atoms with van der Waals surface area (Å²) < 4.78 is 7.18. The summed E-state index contributed by atoms with van der Waals surface area (Å²) in [6.07, 6.45) is 0.826. The molecule has 2 heterocycles. The second-order valence-electron chi connectivity index (χ2n) is 7.20. The van der Waals surface area contributed by atoms with E-state index < -0.39 is 0 Å². The molecular formula is C24H19NO3S2. The zero-order chi connectivity index (χ0) is 20.5. The van der Waals surface area contributed by atoms with Crippen molar-refractivity contribution in [3.63, 3.8) is 0 Å². The molecular weight excluding hydrogens is 414 g/mol. The van der Waals surface area contributed by atoms with E-state index in [4.69, 9.17) is 4.74 Å². The Bertz CT molecular complexity index is 1250. The van der Waals surface area contributed by atoms with Crippen molar-refractivity contribution < 1.29 is 14.3 Å². The van der Waals surface area contributed by atoms with Gasteiger partial charge in [0.2, 0.25) is 5.91 Å². The maximum atomic E-state index is 12.0. The summed E-state index contributed by atoms with van der Waals surface area (Å²) in [4.78, 5) is 25.2. The molecule has 1 saturated heterocycles. The molecule has 6 heteroatoms. The molecule has 4 nitrogen and oxygen atoms in total. The van der Waals surface area contributed by atoms with Crippen molar-refractivity contribution in [3.05, 3.63) is 77.2 Å². The summed E-state index contributed by atoms with van der Waals surface area (Å²) >= 11 is 2.68. The van der Waals surface area contributed by atoms with E-state index in [1.165, 1.54) is 21.2 Å². The van der Waals surface area contributed by atoms with Crippen molar-refractivity contribution in [3.8, 4) is 5.75 Å². The monoisotopic (exact) mass is 433 g/mol. The van der Waals surface area contributed by atoms with E-state index in [1.807, 2.05) is 23.6 Å². The third-order valence-electron chi connectivity index (χ3n) is 5.29. The summed E-state index contributed by atoms with van der Waals surface area (Å²) in [7, 11) is 0. The van der Waals surface area contributed by atoms with Crippen molar-refractivity contribution in [2.24, 2.45) is 0 Å². The number of amides is 2. The summed E-state index contributed by atoms with van der Waals surface area (Å²) in [5, 5.41) is 5.37. The van der Waals surface area contributed by atoms with Gasteiger partial charge in [-0.3, -0.25) is 14.5 Å². The zero-order valence-corrected chi connectivity index (χ0v) is 17.8. The molecule has 2 amide bonds. The van der Waals surface area contributed by atoms with Crippen molar-refractivity contribution in [1.29, 1.82) is 0 Å². The van der Waals surface area contributed by atoms with Gasteiger partial charge in [0, 0.05) is 16.5 Å². The Kier molecular flexibility index (Phi) is 5.19. The van der Waals surface area contributed by atoms with Crippen LogP contribution >= 0.6 is 23.1 Å². The van der Waals surface area contributed by atoms with Crippen molar-refractivity contribution in [2.45, 2.75) is 13.0 Å². The van der Waals surface area contributed by atoms with Gasteiger partial charge in [0.05, 0.1) is 18.9 Å². The van der Waals surface area contributed by atoms with Gasteiger partial charge >= 0.3 is 0 Å². The standard InChI is InChI=1S/C24H19NO3S2/c26-22-15-30-24(27)25(22)14-19-7-8-21(20-10-12-29-23(19)20)28-11-9-16-5-6-17-3-1-2-4-18(17)13-16/h1-8,10,12-13H,9,11,14-15H2. The van der Waals surface area contributed by atoms with Crippen LogP contribution in [0.5, 0.6) is 5.75 Å². The van der Waals surface area contributed by atoms with Crippen LogP contribution in [0.3, 0.4) is 0 Å². The maximum Gasteiger partial charge on any atom is 0.289 e. The third kappa shape index (κ3) is 3.68. The van der Waals surface area contributed by atoms with Gasteiger partial charge in [-0.05, 0) is 39.4 Å². The van der Waals surface area contributed by atoms with E-state index in [-0.39, 0.29) is 16.9 Å². The molecule has 4 aromatic rings. The van der Waals surface area contributed by atoms with Gasteiger partial charge in [-0.15, -0.1) is 11.3 Å². The quantitative estimate of drug-likeness (QED) is 0.381. The molecule has 1 aliphatic heterocycles. The molecule has 1 fully saturated rings. The number of hydrogen-bond donors (Lipinski definition) is 0. The molecule has 30 heavy (non-hydrogen) atoms. The van der Waals surface area contributed by atoms with Crippen LogP contribution in [0.15, 0.2) is 66.0 Å². The van der Waals surface area contributed by atoms with Crippen LogP contribution < -0.4 is 4.74 Å². The Morgan fingerprint density at radius 3 is 2.67 bits per heavy atom. The fraction of sp³-hybridized carbons (Fsp3) is 0.167. The average molecular weight is 434 g/mol. The Morgan fingerprint density at radius 2 is 1.83 bits per heavy atom. The highest BCUT2D eigenvalue weighted by Crippen LogP contribution is 2.34. The molecule has 0 bridgehead atoms. The molecule has 0 N–H and O–H groups in total. The van der Waals surface area contributed by atoms with E-state index in [2.05, 4.69) is 42.5 Å². The van der Waals surface area contributed by atoms with Crippen molar-refractivity contribution in [1.82, 2.24) is 4.90 Å². The zero-order valence-electron chi connectivity index (χ0n) is 16.2. The van der Waals surface area contributed by atoms with Crippen molar-refractivity contribution >= 4 is 55.1 Å². The highest BCUT2D eigenvalue weighted by atomic mass is 32.2. The third-order valence-corrected chi connectivity index (χ3v) is 7.14. The summed E-state index contributed by atoms with van der Waals surface area (Å²) in [6, 6.07) is 20.8. The number of thioether (sulfide) groups is 1. The van der Waals surface area contributed by atoms with Crippen LogP contribution in [0.1, 0.15) is 11.1 Å². The SMILES string of the molecule is O=C1CSC(=O)N1Cc1ccc(OCCc2ccc3ccccc3c2)c2ccsc12. The molecule has 0 aliphatic carbocycles. The molecule has 1 aromatic heterocycles. The number of hydrogen-bond acceptors (Lipinski definition) is 5. The number of carbonyl (C=O) groups excluding carboxylic acids is 2. The van der Waals surface area contributed by atoms with Crippen LogP contribution in [0.4, 0.5) is 4.79 Å². The van der Waals surface area contributed by atoms with E-state index in [0.29, 0.717) is 13.2 Å². The minimum absolute atomic E-state index is 0.120. The Labute approximate surface area is 182 Å². The minimum Gasteiger partial charge on any atom is -0.493 e. The lowest BCUT2D eigenvalue weighted by molar-refractivity contribution is -0.124. The van der Waals surface area contributed by atoms with Gasteiger partial charge in [0.25, 0.3) is 5.24 Å². The van der Waals surface area contributed by atoms with Crippen LogP contribution in [0.2, 0.25) is 0 Å². The van der Waals surface area contributed by atoms with Crippen molar-refractivity contribution in [2.75, 3.05) is 12.4 Å². The lowest BCUT2D eigenvalue weighted by atomic mass is 10.1. The van der Waals surface area contributed by atoms with Gasteiger partial charge in [0.1, 0.15) is 5.75 Å². The van der Waals surface area contributed by atoms with Gasteiger partial charge in [0.15, 0.2) is 0 Å². The fourth-order valence-corrected chi connectivity index (χ4v) is 5.37. The number of thiophene rings is 1. The maximum absolute atomic E-state index is 12.0. The molecule has 0 unspecified atom stereocenters. The first-order valence-corrected chi connectivity index (χ1v) is 11.6. The summed E-state index contributed by atoms with van der Waals surface area (Å²) in [6.45, 7) is 0.904. The molecule has 0 atom stereocenters. The average Bonchev–Trinajstić information content (AvgIpc) is 3.38. The summed E-state index contributed by atoms with van der Waals surface area (Å²) in [5.74, 6) is 0.956. The van der Waals surface area contributed by atoms with Crippen LogP contribution in [0, 0.1) is 0 Å². The van der Waals surface area contributed by atoms with Gasteiger partial charge in [-0.2, -0.15) is 0 Å². The lowest BCUT2D eigenvalue weighted by Gasteiger charge is -2.15. The van der Waals surface area contributed by atoms with E-state index in [0.717, 1.165) is 39.6 Å². The van der Waals surface area contributed by atoms with E-state index >= 15 is 0 Å². The normalized spacial score (nSPS) is 14.2. The van der Waals surface area contributed by atoms with E-state index in [9.17, 15) is 9.59 Å². The Morgan fingerprint density at radius 1 is 0.967 bits per heavy atom. The van der Waals surface area contributed by atoms with Crippen LogP contribution in [-0.4, -0.2) is 28.4 Å². The molecule has 150 valence electrons. The first-order valence-electron chi connectivity index (χ1n) is 9.76. The predicted octanol–water partition coefficient (Wildman–Crippen LogP) is 5.87.